The Labute approximate surface area is 188 Å². The van der Waals surface area contributed by atoms with Gasteiger partial charge in [-0.3, -0.25) is 14.3 Å². The minimum atomic E-state index is -0.469. The molecule has 1 aliphatic rings. The summed E-state index contributed by atoms with van der Waals surface area (Å²) >= 11 is 0. The van der Waals surface area contributed by atoms with Gasteiger partial charge < -0.3 is 10.2 Å². The Morgan fingerprint density at radius 1 is 0.969 bits per heavy atom. The van der Waals surface area contributed by atoms with Gasteiger partial charge >= 0.3 is 0 Å². The molecule has 1 fully saturated rings. The number of hydrogen-bond donors (Lipinski definition) is 1. The Balaban J connectivity index is 1.44. The molecule has 168 valence electrons. The lowest BCUT2D eigenvalue weighted by molar-refractivity contribution is -0.141. The topological polar surface area (TPSA) is 85.0 Å². The first-order valence-corrected chi connectivity index (χ1v) is 11.1. The molecule has 3 aromatic rings. The average molecular weight is 435 g/mol. The minimum Gasteiger partial charge on any atom is -0.329 e. The molecular formula is C24H30N6O2. The van der Waals surface area contributed by atoms with Gasteiger partial charge in [0.1, 0.15) is 12.6 Å². The zero-order valence-corrected chi connectivity index (χ0v) is 19.1. The summed E-state index contributed by atoms with van der Waals surface area (Å²) in [7, 11) is 0. The third-order valence-corrected chi connectivity index (χ3v) is 5.90. The fraction of sp³-hybridized carbons (Fsp3) is 0.417. The number of aryl methyl sites for hydroxylation is 4. The molecule has 1 atom stereocenters. The van der Waals surface area contributed by atoms with Gasteiger partial charge in [0.2, 0.25) is 11.8 Å². The van der Waals surface area contributed by atoms with Crippen molar-refractivity contribution in [1.82, 2.24) is 24.5 Å². The van der Waals surface area contributed by atoms with Crippen LogP contribution in [0, 0.1) is 27.7 Å². The van der Waals surface area contributed by atoms with Crippen molar-refractivity contribution in [3.8, 4) is 5.69 Å². The van der Waals surface area contributed by atoms with Crippen LogP contribution in [0.3, 0.4) is 0 Å². The van der Waals surface area contributed by atoms with Gasteiger partial charge in [-0.05, 0) is 83.4 Å². The molecule has 2 aromatic heterocycles. The molecular weight excluding hydrogens is 404 g/mol. The Kier molecular flexibility index (Phi) is 6.12. The van der Waals surface area contributed by atoms with E-state index in [1.807, 2.05) is 68.8 Å². The summed E-state index contributed by atoms with van der Waals surface area (Å²) in [5.74, 6) is -0.221. The number of piperidine rings is 1. The molecule has 1 saturated heterocycles. The van der Waals surface area contributed by atoms with Gasteiger partial charge in [-0.1, -0.05) is 0 Å². The van der Waals surface area contributed by atoms with Crippen molar-refractivity contribution in [3.05, 3.63) is 59.2 Å². The maximum atomic E-state index is 13.1. The van der Waals surface area contributed by atoms with Crippen LogP contribution in [0.15, 0.2) is 36.4 Å². The molecule has 1 N–H and O–H groups in total. The van der Waals surface area contributed by atoms with Crippen LogP contribution < -0.4 is 5.32 Å². The van der Waals surface area contributed by atoms with Crippen molar-refractivity contribution in [3.63, 3.8) is 0 Å². The van der Waals surface area contributed by atoms with Crippen LogP contribution in [-0.4, -0.2) is 48.9 Å². The molecule has 8 heteroatoms. The number of hydrogen-bond acceptors (Lipinski definition) is 4. The molecule has 0 radical (unpaired) electrons. The van der Waals surface area contributed by atoms with Crippen LogP contribution in [-0.2, 0) is 16.1 Å². The lowest BCUT2D eigenvalue weighted by Crippen LogP contribution is -2.51. The summed E-state index contributed by atoms with van der Waals surface area (Å²) in [5.41, 5.74) is 5.48. The number of aromatic nitrogens is 4. The van der Waals surface area contributed by atoms with E-state index in [4.69, 9.17) is 0 Å². The number of anilines is 1. The van der Waals surface area contributed by atoms with Crippen molar-refractivity contribution in [2.24, 2.45) is 0 Å². The first kappa shape index (κ1) is 21.8. The lowest BCUT2D eigenvalue weighted by atomic mass is 10.0. The maximum absolute atomic E-state index is 13.1. The van der Waals surface area contributed by atoms with E-state index in [0.29, 0.717) is 18.7 Å². The predicted molar refractivity (Wildman–Crippen MR) is 123 cm³/mol. The number of benzene rings is 1. The van der Waals surface area contributed by atoms with E-state index in [-0.39, 0.29) is 18.4 Å². The Bertz CT molecular complexity index is 1130. The van der Waals surface area contributed by atoms with Crippen LogP contribution >= 0.6 is 0 Å². The SMILES string of the molecule is Cc1cc(C)n(CC(=O)N2CCCC[C@@H]2C(=O)Nc2ccc(-n3nc(C)cc3C)cc2)n1. The second-order valence-corrected chi connectivity index (χ2v) is 8.56. The summed E-state index contributed by atoms with van der Waals surface area (Å²) in [5, 5.41) is 11.9. The van der Waals surface area contributed by atoms with Crippen molar-refractivity contribution in [1.29, 1.82) is 0 Å². The highest BCUT2D eigenvalue weighted by atomic mass is 16.2. The molecule has 0 saturated carbocycles. The van der Waals surface area contributed by atoms with Crippen molar-refractivity contribution < 1.29 is 9.59 Å². The molecule has 32 heavy (non-hydrogen) atoms. The van der Waals surface area contributed by atoms with E-state index in [1.54, 1.807) is 9.58 Å². The van der Waals surface area contributed by atoms with E-state index >= 15 is 0 Å². The summed E-state index contributed by atoms with van der Waals surface area (Å²) in [6, 6.07) is 11.1. The van der Waals surface area contributed by atoms with Gasteiger partial charge in [0.05, 0.1) is 17.1 Å². The van der Waals surface area contributed by atoms with Crippen molar-refractivity contribution >= 4 is 17.5 Å². The van der Waals surface area contributed by atoms with E-state index in [1.165, 1.54) is 0 Å². The quantitative estimate of drug-likeness (QED) is 0.668. The largest absolute Gasteiger partial charge is 0.329 e. The molecule has 1 aromatic carbocycles. The van der Waals surface area contributed by atoms with Crippen LogP contribution in [0.4, 0.5) is 5.69 Å². The summed E-state index contributed by atoms with van der Waals surface area (Å²) in [4.78, 5) is 27.8. The van der Waals surface area contributed by atoms with Crippen molar-refractivity contribution in [2.45, 2.75) is 59.5 Å². The fourth-order valence-electron chi connectivity index (χ4n) is 4.36. The highest BCUT2D eigenvalue weighted by molar-refractivity contribution is 5.97. The Morgan fingerprint density at radius 3 is 2.28 bits per heavy atom. The first-order chi connectivity index (χ1) is 15.3. The van der Waals surface area contributed by atoms with E-state index < -0.39 is 6.04 Å². The minimum absolute atomic E-state index is 0.0732. The summed E-state index contributed by atoms with van der Waals surface area (Å²) < 4.78 is 3.58. The number of carbonyl (C=O) groups excluding carboxylic acids is 2. The Morgan fingerprint density at radius 2 is 1.66 bits per heavy atom. The Hall–Kier alpha value is -3.42. The molecule has 1 aliphatic heterocycles. The lowest BCUT2D eigenvalue weighted by Gasteiger charge is -2.34. The molecule has 0 unspecified atom stereocenters. The van der Waals surface area contributed by atoms with Gasteiger partial charge in [0, 0.05) is 23.6 Å². The monoisotopic (exact) mass is 434 g/mol. The second kappa shape index (κ2) is 8.98. The van der Waals surface area contributed by atoms with Crippen LogP contribution in [0.25, 0.3) is 5.69 Å². The van der Waals surface area contributed by atoms with Gasteiger partial charge in [-0.15, -0.1) is 0 Å². The van der Waals surface area contributed by atoms with Crippen LogP contribution in [0.1, 0.15) is 42.0 Å². The molecule has 0 spiro atoms. The molecule has 0 aliphatic carbocycles. The summed E-state index contributed by atoms with van der Waals surface area (Å²) in [6.45, 7) is 8.56. The smallest absolute Gasteiger partial charge is 0.247 e. The highest BCUT2D eigenvalue weighted by Gasteiger charge is 2.32. The number of carbonyl (C=O) groups is 2. The van der Waals surface area contributed by atoms with Gasteiger partial charge in [0.15, 0.2) is 0 Å². The zero-order chi connectivity index (χ0) is 22.8. The molecule has 0 bridgehead atoms. The average Bonchev–Trinajstić information content (AvgIpc) is 3.27. The third kappa shape index (κ3) is 4.59. The number of nitrogens with zero attached hydrogens (tertiary/aromatic N) is 5. The molecule has 2 amide bonds. The van der Waals surface area contributed by atoms with Gasteiger partial charge in [-0.25, -0.2) is 4.68 Å². The van der Waals surface area contributed by atoms with E-state index in [0.717, 1.165) is 41.3 Å². The van der Waals surface area contributed by atoms with Gasteiger partial charge in [0.25, 0.3) is 0 Å². The fourth-order valence-corrected chi connectivity index (χ4v) is 4.36. The number of likely N-dealkylation sites (tertiary alicyclic amines) is 1. The first-order valence-electron chi connectivity index (χ1n) is 11.1. The third-order valence-electron chi connectivity index (χ3n) is 5.90. The van der Waals surface area contributed by atoms with Gasteiger partial charge in [-0.2, -0.15) is 10.2 Å². The number of amides is 2. The van der Waals surface area contributed by atoms with Crippen LogP contribution in [0.5, 0.6) is 0 Å². The standard InChI is InChI=1S/C24H30N6O2/c1-16-13-18(3)29(26-16)15-23(31)28-12-6-5-7-22(28)24(32)25-20-8-10-21(11-9-20)30-19(4)14-17(2)27-30/h8-11,13-14,22H,5-7,12,15H2,1-4H3,(H,25,32)/t22-/m1/s1. The van der Waals surface area contributed by atoms with E-state index in [9.17, 15) is 9.59 Å². The maximum Gasteiger partial charge on any atom is 0.247 e. The van der Waals surface area contributed by atoms with Crippen LogP contribution in [0.2, 0.25) is 0 Å². The van der Waals surface area contributed by atoms with Crippen molar-refractivity contribution in [2.75, 3.05) is 11.9 Å². The number of nitrogens with one attached hydrogen (secondary N) is 1. The second-order valence-electron chi connectivity index (χ2n) is 8.56. The number of rotatable bonds is 5. The summed E-state index contributed by atoms with van der Waals surface area (Å²) in [6.07, 6.45) is 2.50. The predicted octanol–water partition coefficient (Wildman–Crippen LogP) is 3.32. The molecule has 3 heterocycles. The normalized spacial score (nSPS) is 16.2. The zero-order valence-electron chi connectivity index (χ0n) is 19.1. The highest BCUT2D eigenvalue weighted by Crippen LogP contribution is 2.21. The van der Waals surface area contributed by atoms with E-state index in [2.05, 4.69) is 15.5 Å². The molecule has 4 rings (SSSR count). The molecule has 8 nitrogen and oxygen atoms in total.